The van der Waals surface area contributed by atoms with Gasteiger partial charge in [0, 0.05) is 17.4 Å². The number of rotatable bonds is 9. The van der Waals surface area contributed by atoms with Crippen LogP contribution in [0.5, 0.6) is 0 Å². The third-order valence-corrected chi connectivity index (χ3v) is 4.74. The molecule has 0 aliphatic carbocycles. The maximum absolute atomic E-state index is 11.8. The van der Waals surface area contributed by atoms with Gasteiger partial charge in [0.15, 0.2) is 0 Å². The van der Waals surface area contributed by atoms with E-state index >= 15 is 0 Å². The van der Waals surface area contributed by atoms with Crippen molar-refractivity contribution < 1.29 is 22.7 Å². The van der Waals surface area contributed by atoms with Gasteiger partial charge in [-0.25, -0.2) is 13.1 Å². The lowest BCUT2D eigenvalue weighted by Gasteiger charge is -2.36. The molecule has 0 heterocycles. The van der Waals surface area contributed by atoms with Crippen LogP contribution in [0.4, 0.5) is 0 Å². The van der Waals surface area contributed by atoms with E-state index < -0.39 is 27.4 Å². The zero-order valence-corrected chi connectivity index (χ0v) is 17.4. The Kier molecular flexibility index (Phi) is 8.97. The smallest absolute Gasteiger partial charge is 0.317 e. The molecule has 7 heteroatoms. The Morgan fingerprint density at radius 3 is 2.44 bits per heavy atom. The fraction of sp³-hybridized carbons (Fsp3) is 0.550. The first-order valence-corrected chi connectivity index (χ1v) is 10.6. The quantitative estimate of drug-likeness (QED) is 0.513. The number of methoxy groups -OCH3 is 1. The first-order valence-electron chi connectivity index (χ1n) is 8.69. The molecule has 1 rings (SSSR count). The van der Waals surface area contributed by atoms with Gasteiger partial charge in [0.2, 0.25) is 10.0 Å². The average molecular weight is 396 g/mol. The molecule has 6 nitrogen and oxygen atoms in total. The summed E-state index contributed by atoms with van der Waals surface area (Å²) in [6.07, 6.45) is 1.09. The van der Waals surface area contributed by atoms with Crippen LogP contribution >= 0.6 is 0 Å². The number of nitrogens with one attached hydrogen (secondary N) is 1. The first-order chi connectivity index (χ1) is 12.5. The second kappa shape index (κ2) is 10.5. The monoisotopic (exact) mass is 395 g/mol. The second-order valence-corrected chi connectivity index (χ2v) is 8.98. The van der Waals surface area contributed by atoms with Gasteiger partial charge < -0.3 is 9.47 Å². The van der Waals surface area contributed by atoms with E-state index in [1.165, 1.54) is 7.11 Å². The molecule has 0 saturated carbocycles. The third kappa shape index (κ3) is 9.05. The van der Waals surface area contributed by atoms with Crippen molar-refractivity contribution in [3.05, 3.63) is 35.9 Å². The summed E-state index contributed by atoms with van der Waals surface area (Å²) in [6.45, 7) is 6.47. The maximum Gasteiger partial charge on any atom is 0.317 e. The van der Waals surface area contributed by atoms with Gasteiger partial charge in [-0.3, -0.25) is 4.79 Å². The van der Waals surface area contributed by atoms with E-state index in [4.69, 9.17) is 4.74 Å². The Bertz CT molecular complexity index is 763. The second-order valence-electron chi connectivity index (χ2n) is 7.20. The van der Waals surface area contributed by atoms with Crippen molar-refractivity contribution in [3.8, 4) is 11.8 Å². The van der Waals surface area contributed by atoms with E-state index in [1.807, 2.05) is 51.1 Å². The fourth-order valence-electron chi connectivity index (χ4n) is 2.70. The van der Waals surface area contributed by atoms with Gasteiger partial charge in [-0.1, -0.05) is 56.0 Å². The predicted octanol–water partition coefficient (Wildman–Crippen LogP) is 2.35. The van der Waals surface area contributed by atoms with Crippen LogP contribution in [-0.2, 0) is 30.9 Å². The van der Waals surface area contributed by atoms with Crippen LogP contribution in [0.2, 0.25) is 0 Å². The predicted molar refractivity (Wildman–Crippen MR) is 105 cm³/mol. The van der Waals surface area contributed by atoms with Crippen LogP contribution in [0.3, 0.4) is 0 Å². The molecule has 1 aromatic rings. The highest BCUT2D eigenvalue weighted by atomic mass is 32.2. The Labute approximate surface area is 162 Å². The van der Waals surface area contributed by atoms with Gasteiger partial charge in [0.05, 0.1) is 26.6 Å². The van der Waals surface area contributed by atoms with Gasteiger partial charge in [-0.15, -0.1) is 0 Å². The zero-order valence-electron chi connectivity index (χ0n) is 16.6. The van der Waals surface area contributed by atoms with E-state index in [9.17, 15) is 13.2 Å². The summed E-state index contributed by atoms with van der Waals surface area (Å²) < 4.78 is 36.8. The lowest BCUT2D eigenvalue weighted by molar-refractivity contribution is -0.139. The molecule has 0 bridgehead atoms. The van der Waals surface area contributed by atoms with Crippen LogP contribution in [0.1, 0.15) is 32.8 Å². The Morgan fingerprint density at radius 2 is 1.89 bits per heavy atom. The van der Waals surface area contributed by atoms with Crippen molar-refractivity contribution >= 4 is 16.0 Å². The number of carbonyl (C=O) groups is 1. The van der Waals surface area contributed by atoms with Crippen molar-refractivity contribution in [1.82, 2.24) is 4.72 Å². The van der Waals surface area contributed by atoms with Gasteiger partial charge in [0.1, 0.15) is 6.42 Å². The summed E-state index contributed by atoms with van der Waals surface area (Å²) in [5.74, 6) is 4.96. The van der Waals surface area contributed by atoms with Crippen LogP contribution in [0, 0.1) is 23.2 Å². The molecule has 0 amide bonds. The van der Waals surface area contributed by atoms with Crippen LogP contribution in [-0.4, -0.2) is 40.4 Å². The number of ether oxygens (including phenoxy) is 2. The van der Waals surface area contributed by atoms with E-state index in [2.05, 4.69) is 21.3 Å². The average Bonchev–Trinajstić information content (AvgIpc) is 2.59. The molecule has 1 aromatic carbocycles. The molecule has 2 atom stereocenters. The largest absolute Gasteiger partial charge is 0.468 e. The lowest BCUT2D eigenvalue weighted by Crippen LogP contribution is -2.50. The molecule has 150 valence electrons. The van der Waals surface area contributed by atoms with Crippen molar-refractivity contribution in [2.24, 2.45) is 11.3 Å². The Hall–Kier alpha value is -1.88. The molecule has 0 aliphatic rings. The summed E-state index contributed by atoms with van der Waals surface area (Å²) in [5, 5.41) is 0. The molecule has 0 aromatic heterocycles. The summed E-state index contributed by atoms with van der Waals surface area (Å²) in [6, 6.07) is 9.29. The molecule has 0 radical (unpaired) electrons. The minimum Gasteiger partial charge on any atom is -0.468 e. The fourth-order valence-corrected chi connectivity index (χ4v) is 3.69. The van der Waals surface area contributed by atoms with Crippen molar-refractivity contribution in [2.45, 2.75) is 39.8 Å². The van der Waals surface area contributed by atoms with E-state index in [0.717, 1.165) is 11.8 Å². The topological polar surface area (TPSA) is 81.7 Å². The molecular weight excluding hydrogens is 366 g/mol. The van der Waals surface area contributed by atoms with E-state index in [-0.39, 0.29) is 12.3 Å². The Morgan fingerprint density at radius 1 is 1.26 bits per heavy atom. The van der Waals surface area contributed by atoms with Crippen LogP contribution in [0.25, 0.3) is 0 Å². The van der Waals surface area contributed by atoms with Gasteiger partial charge in [-0.05, 0) is 12.5 Å². The van der Waals surface area contributed by atoms with Crippen molar-refractivity contribution in [2.75, 3.05) is 20.0 Å². The maximum atomic E-state index is 11.8. The highest BCUT2D eigenvalue weighted by Crippen LogP contribution is 2.27. The number of hydrogen-bond donors (Lipinski definition) is 1. The summed E-state index contributed by atoms with van der Waals surface area (Å²) in [7, 11) is -2.14. The Balaban J connectivity index is 2.84. The number of esters is 1. The van der Waals surface area contributed by atoms with Crippen molar-refractivity contribution in [3.63, 3.8) is 0 Å². The minimum atomic E-state index is -3.44. The standard InChI is InChI=1S/C20H29NO5S/c1-16(10-9-13-18(22)25-4)19(21-27(5,23)24)20(2,3)15-26-14-17-11-7-6-8-12-17/h6-8,11-12,16,19,21H,13-15H2,1-5H3/t16-,19+/m0/s1. The SMILES string of the molecule is COC(=O)CC#C[C@H](C)[C@@H](NS(C)(=O)=O)C(C)(C)COCc1ccccc1. The zero-order chi connectivity index (χ0) is 20.5. The summed E-state index contributed by atoms with van der Waals surface area (Å²) in [5.41, 5.74) is 0.531. The highest BCUT2D eigenvalue weighted by molar-refractivity contribution is 7.88. The normalized spacial score (nSPS) is 14.0. The highest BCUT2D eigenvalue weighted by Gasteiger charge is 2.35. The first kappa shape index (κ1) is 23.2. The summed E-state index contributed by atoms with van der Waals surface area (Å²) >= 11 is 0. The number of sulfonamides is 1. The van der Waals surface area contributed by atoms with Gasteiger partial charge in [0.25, 0.3) is 0 Å². The molecule has 0 aliphatic heterocycles. The molecular formula is C20H29NO5S. The lowest BCUT2D eigenvalue weighted by atomic mass is 9.79. The van der Waals surface area contributed by atoms with Crippen LogP contribution in [0.15, 0.2) is 30.3 Å². The molecule has 0 unspecified atom stereocenters. The molecule has 27 heavy (non-hydrogen) atoms. The van der Waals surface area contributed by atoms with E-state index in [1.54, 1.807) is 0 Å². The summed E-state index contributed by atoms with van der Waals surface area (Å²) in [4.78, 5) is 11.2. The van der Waals surface area contributed by atoms with E-state index in [0.29, 0.717) is 13.2 Å². The minimum absolute atomic E-state index is 0.0304. The molecule has 0 fully saturated rings. The number of hydrogen-bond acceptors (Lipinski definition) is 5. The molecule has 1 N–H and O–H groups in total. The number of benzene rings is 1. The molecule has 0 spiro atoms. The van der Waals surface area contributed by atoms with Gasteiger partial charge >= 0.3 is 5.97 Å². The van der Waals surface area contributed by atoms with Gasteiger partial charge in [-0.2, -0.15) is 0 Å². The number of carbonyl (C=O) groups excluding carboxylic acids is 1. The van der Waals surface area contributed by atoms with Crippen LogP contribution < -0.4 is 4.72 Å². The van der Waals surface area contributed by atoms with Crippen molar-refractivity contribution in [1.29, 1.82) is 0 Å². The third-order valence-electron chi connectivity index (χ3n) is 4.06. The molecule has 0 saturated heterocycles.